The Morgan fingerprint density at radius 2 is 1.94 bits per heavy atom. The molecule has 2 aliphatic heterocycles. The lowest BCUT2D eigenvalue weighted by atomic mass is 9.86. The van der Waals surface area contributed by atoms with Gasteiger partial charge in [0, 0.05) is 29.5 Å². The number of hydrogen-bond donors (Lipinski definition) is 2. The Labute approximate surface area is 206 Å². The molecule has 35 heavy (non-hydrogen) atoms. The van der Waals surface area contributed by atoms with Crippen molar-refractivity contribution in [2.75, 3.05) is 29.9 Å². The average Bonchev–Trinajstić information content (AvgIpc) is 3.03. The highest BCUT2D eigenvalue weighted by Crippen LogP contribution is 2.44. The van der Waals surface area contributed by atoms with E-state index in [1.807, 2.05) is 39.0 Å². The number of nitrogens with zero attached hydrogens (tertiary/aromatic N) is 2. The summed E-state index contributed by atoms with van der Waals surface area (Å²) < 4.78 is 19.9. The van der Waals surface area contributed by atoms with Crippen LogP contribution >= 0.6 is 0 Å². The molecule has 2 aliphatic rings. The Bertz CT molecular complexity index is 1110. The molecule has 0 radical (unpaired) electrons. The summed E-state index contributed by atoms with van der Waals surface area (Å²) in [4.78, 5) is 32.0. The van der Waals surface area contributed by atoms with Crippen LogP contribution in [0.5, 0.6) is 0 Å². The van der Waals surface area contributed by atoms with E-state index >= 15 is 0 Å². The summed E-state index contributed by atoms with van der Waals surface area (Å²) in [6, 6.07) is 8.18. The molecule has 1 saturated heterocycles. The number of esters is 1. The molecule has 0 spiro atoms. The molecule has 1 fully saturated rings. The highest BCUT2D eigenvalue weighted by Gasteiger charge is 2.45. The third kappa shape index (κ3) is 5.48. The van der Waals surface area contributed by atoms with Crippen LogP contribution in [0, 0.1) is 11.9 Å². The summed E-state index contributed by atoms with van der Waals surface area (Å²) >= 11 is 0. The fourth-order valence-corrected chi connectivity index (χ4v) is 5.11. The standard InChI is InChI=1S/C27H35FN4O3/c1-26(2,3)35-25(34)22(17-10-13-29-14-11-17)32-16-27(4,5)20-9-8-18(15-21(20)32)31-24(33)19-7-6-12-30-23(19)28/h6-9,12,15,17,22,29H,10-11,13-14,16H2,1-5H3,(H,31,33). The van der Waals surface area contributed by atoms with Crippen molar-refractivity contribution in [3.8, 4) is 0 Å². The third-order valence-corrected chi connectivity index (χ3v) is 6.68. The Morgan fingerprint density at radius 1 is 1.23 bits per heavy atom. The van der Waals surface area contributed by atoms with E-state index in [2.05, 4.69) is 34.4 Å². The minimum atomic E-state index is -0.815. The number of benzene rings is 1. The number of halogens is 1. The third-order valence-electron chi connectivity index (χ3n) is 6.68. The van der Waals surface area contributed by atoms with Gasteiger partial charge < -0.3 is 20.3 Å². The van der Waals surface area contributed by atoms with E-state index in [1.165, 1.54) is 18.3 Å². The number of amides is 1. The maximum absolute atomic E-state index is 14.0. The summed E-state index contributed by atoms with van der Waals surface area (Å²) in [5, 5.41) is 6.17. The monoisotopic (exact) mass is 482 g/mol. The zero-order valence-electron chi connectivity index (χ0n) is 21.2. The van der Waals surface area contributed by atoms with E-state index in [4.69, 9.17) is 4.74 Å². The Balaban J connectivity index is 1.69. The Morgan fingerprint density at radius 3 is 2.60 bits per heavy atom. The summed E-state index contributed by atoms with van der Waals surface area (Å²) in [5.41, 5.74) is 1.63. The fraction of sp³-hybridized carbons (Fsp3) is 0.519. The van der Waals surface area contributed by atoms with Crippen molar-refractivity contribution in [3.63, 3.8) is 0 Å². The zero-order chi connectivity index (χ0) is 25.4. The number of rotatable bonds is 5. The minimum absolute atomic E-state index is 0.119. The quantitative estimate of drug-likeness (QED) is 0.489. The van der Waals surface area contributed by atoms with E-state index in [0.717, 1.165) is 37.2 Å². The number of piperidine rings is 1. The highest BCUT2D eigenvalue weighted by molar-refractivity contribution is 6.04. The molecule has 1 aromatic carbocycles. The first-order valence-corrected chi connectivity index (χ1v) is 12.2. The molecule has 0 saturated carbocycles. The molecule has 4 rings (SSSR count). The van der Waals surface area contributed by atoms with Crippen LogP contribution in [-0.4, -0.2) is 48.1 Å². The van der Waals surface area contributed by atoms with Gasteiger partial charge in [0.1, 0.15) is 11.6 Å². The van der Waals surface area contributed by atoms with Crippen LogP contribution in [-0.2, 0) is 14.9 Å². The molecule has 3 heterocycles. The molecule has 8 heteroatoms. The lowest BCUT2D eigenvalue weighted by Gasteiger charge is -2.38. The molecule has 1 amide bonds. The van der Waals surface area contributed by atoms with Gasteiger partial charge in [-0.15, -0.1) is 0 Å². The van der Waals surface area contributed by atoms with Crippen molar-refractivity contribution < 1.29 is 18.7 Å². The summed E-state index contributed by atoms with van der Waals surface area (Å²) in [7, 11) is 0. The molecule has 188 valence electrons. The lowest BCUT2D eigenvalue weighted by Crippen LogP contribution is -2.52. The second-order valence-corrected chi connectivity index (χ2v) is 11.1. The number of carbonyl (C=O) groups excluding carboxylic acids is 2. The van der Waals surface area contributed by atoms with E-state index in [9.17, 15) is 14.0 Å². The van der Waals surface area contributed by atoms with E-state index in [1.54, 1.807) is 0 Å². The normalized spacial score (nSPS) is 18.6. The van der Waals surface area contributed by atoms with E-state index in [0.29, 0.717) is 12.2 Å². The first-order valence-electron chi connectivity index (χ1n) is 12.2. The molecule has 2 N–H and O–H groups in total. The Hall–Kier alpha value is -3.00. The smallest absolute Gasteiger partial charge is 0.329 e. The van der Waals surface area contributed by atoms with Gasteiger partial charge in [-0.05, 0) is 82.4 Å². The number of aromatic nitrogens is 1. The van der Waals surface area contributed by atoms with Crippen molar-refractivity contribution >= 4 is 23.3 Å². The highest BCUT2D eigenvalue weighted by atomic mass is 19.1. The number of pyridine rings is 1. The molecule has 0 aliphatic carbocycles. The number of hydrogen-bond acceptors (Lipinski definition) is 6. The van der Waals surface area contributed by atoms with Crippen molar-refractivity contribution in [1.29, 1.82) is 0 Å². The largest absolute Gasteiger partial charge is 0.458 e. The predicted octanol–water partition coefficient (Wildman–Crippen LogP) is 4.28. The summed E-state index contributed by atoms with van der Waals surface area (Å²) in [6.45, 7) is 12.4. The first kappa shape index (κ1) is 25.1. The van der Waals surface area contributed by atoms with Gasteiger partial charge in [-0.25, -0.2) is 9.78 Å². The lowest BCUT2D eigenvalue weighted by molar-refractivity contribution is -0.158. The molecule has 1 atom stereocenters. The number of carbonyl (C=O) groups is 2. The topological polar surface area (TPSA) is 83.6 Å². The summed E-state index contributed by atoms with van der Waals surface area (Å²) in [5.74, 6) is -1.46. The van der Waals surface area contributed by atoms with Crippen LogP contribution in [0.25, 0.3) is 0 Å². The van der Waals surface area contributed by atoms with E-state index in [-0.39, 0.29) is 22.9 Å². The zero-order valence-corrected chi connectivity index (χ0v) is 21.2. The number of ether oxygens (including phenoxy) is 1. The minimum Gasteiger partial charge on any atom is -0.458 e. The van der Waals surface area contributed by atoms with Crippen molar-refractivity contribution in [1.82, 2.24) is 10.3 Å². The maximum atomic E-state index is 14.0. The van der Waals surface area contributed by atoms with Crippen molar-refractivity contribution in [2.24, 2.45) is 5.92 Å². The van der Waals surface area contributed by atoms with Crippen LogP contribution in [0.4, 0.5) is 15.8 Å². The van der Waals surface area contributed by atoms with Gasteiger partial charge in [0.05, 0.1) is 5.56 Å². The fourth-order valence-electron chi connectivity index (χ4n) is 5.11. The van der Waals surface area contributed by atoms with Crippen LogP contribution < -0.4 is 15.5 Å². The SMILES string of the molecule is CC(C)(C)OC(=O)C(C1CCNCC1)N1CC(C)(C)c2ccc(NC(=O)c3cccnc3F)cc21. The molecule has 1 unspecified atom stereocenters. The van der Waals surface area contributed by atoms with Crippen molar-refractivity contribution in [2.45, 2.75) is 64.5 Å². The maximum Gasteiger partial charge on any atom is 0.329 e. The first-order chi connectivity index (χ1) is 16.5. The van der Waals surface area contributed by atoms with Gasteiger partial charge >= 0.3 is 5.97 Å². The van der Waals surface area contributed by atoms with Gasteiger partial charge in [0.25, 0.3) is 5.91 Å². The van der Waals surface area contributed by atoms with E-state index < -0.39 is 23.5 Å². The van der Waals surface area contributed by atoms with Gasteiger partial charge in [0.2, 0.25) is 5.95 Å². The molecular weight excluding hydrogens is 447 g/mol. The van der Waals surface area contributed by atoms with Crippen LogP contribution in [0.15, 0.2) is 36.5 Å². The molecule has 7 nitrogen and oxygen atoms in total. The second-order valence-electron chi connectivity index (χ2n) is 11.1. The van der Waals surface area contributed by atoms with Gasteiger partial charge in [-0.3, -0.25) is 4.79 Å². The van der Waals surface area contributed by atoms with Crippen LogP contribution in [0.3, 0.4) is 0 Å². The number of anilines is 2. The van der Waals surface area contributed by atoms with Gasteiger partial charge in [0.15, 0.2) is 0 Å². The predicted molar refractivity (Wildman–Crippen MR) is 134 cm³/mol. The average molecular weight is 483 g/mol. The van der Waals surface area contributed by atoms with Gasteiger partial charge in [-0.1, -0.05) is 19.9 Å². The molecular formula is C27H35FN4O3. The van der Waals surface area contributed by atoms with Gasteiger partial charge in [-0.2, -0.15) is 4.39 Å². The van der Waals surface area contributed by atoms with Crippen LogP contribution in [0.1, 0.15) is 63.4 Å². The molecule has 1 aromatic heterocycles. The second kappa shape index (κ2) is 9.57. The van der Waals surface area contributed by atoms with Crippen molar-refractivity contribution in [3.05, 3.63) is 53.6 Å². The molecule has 2 aromatic rings. The number of nitrogens with one attached hydrogen (secondary N) is 2. The van der Waals surface area contributed by atoms with Crippen LogP contribution in [0.2, 0.25) is 0 Å². The summed E-state index contributed by atoms with van der Waals surface area (Å²) in [6.07, 6.45) is 3.07. The Kier molecular flexibility index (Phi) is 6.86. The number of fused-ring (bicyclic) bond motifs is 1. The molecule has 0 bridgehead atoms.